The van der Waals surface area contributed by atoms with Crippen molar-refractivity contribution < 1.29 is 13.2 Å². The largest absolute Gasteiger partial charge is 0.356 e. The Morgan fingerprint density at radius 2 is 2.19 bits per heavy atom. The highest BCUT2D eigenvalue weighted by atomic mass is 32.2. The molecular formula is C10H20N2O3S. The first-order chi connectivity index (χ1) is 7.43. The molecule has 6 heteroatoms. The van der Waals surface area contributed by atoms with Gasteiger partial charge in [-0.1, -0.05) is 13.8 Å². The maximum absolute atomic E-state index is 11.6. The maximum atomic E-state index is 11.6. The molecule has 1 atom stereocenters. The van der Waals surface area contributed by atoms with Gasteiger partial charge in [0.2, 0.25) is 5.91 Å². The molecule has 0 saturated carbocycles. The summed E-state index contributed by atoms with van der Waals surface area (Å²) in [4.78, 5) is 11.3. The highest BCUT2D eigenvalue weighted by Crippen LogP contribution is 2.09. The van der Waals surface area contributed by atoms with Gasteiger partial charge in [0.25, 0.3) is 0 Å². The van der Waals surface area contributed by atoms with Crippen molar-refractivity contribution in [2.45, 2.75) is 25.5 Å². The number of nitrogens with one attached hydrogen (secondary N) is 2. The van der Waals surface area contributed by atoms with Crippen LogP contribution in [-0.4, -0.2) is 45.0 Å². The summed E-state index contributed by atoms with van der Waals surface area (Å²) in [5, 5.41) is 5.44. The lowest BCUT2D eigenvalue weighted by molar-refractivity contribution is -0.123. The van der Waals surface area contributed by atoms with Crippen molar-refractivity contribution in [2.75, 3.05) is 25.4 Å². The zero-order valence-electron chi connectivity index (χ0n) is 9.82. The SMILES string of the molecule is CC(C)C(=O)NCCC1CNCCS1(=O)=O. The van der Waals surface area contributed by atoms with Crippen LogP contribution in [0.2, 0.25) is 0 Å². The van der Waals surface area contributed by atoms with E-state index in [9.17, 15) is 13.2 Å². The molecule has 0 aromatic heterocycles. The molecule has 1 heterocycles. The number of carbonyl (C=O) groups excluding carboxylic acids is 1. The molecule has 94 valence electrons. The van der Waals surface area contributed by atoms with Gasteiger partial charge in [0.05, 0.1) is 11.0 Å². The zero-order valence-corrected chi connectivity index (χ0v) is 10.6. The van der Waals surface area contributed by atoms with Crippen molar-refractivity contribution in [2.24, 2.45) is 5.92 Å². The molecule has 1 saturated heterocycles. The van der Waals surface area contributed by atoms with Crippen molar-refractivity contribution in [3.05, 3.63) is 0 Å². The molecule has 0 aromatic carbocycles. The first-order valence-electron chi connectivity index (χ1n) is 5.63. The Bertz CT molecular complexity index is 338. The Kier molecular flexibility index (Phi) is 4.73. The molecule has 0 spiro atoms. The lowest BCUT2D eigenvalue weighted by atomic mass is 10.2. The lowest BCUT2D eigenvalue weighted by Crippen LogP contribution is -2.45. The number of sulfone groups is 1. The van der Waals surface area contributed by atoms with E-state index in [1.807, 2.05) is 13.8 Å². The molecule has 0 radical (unpaired) electrons. The Morgan fingerprint density at radius 1 is 1.50 bits per heavy atom. The van der Waals surface area contributed by atoms with Gasteiger partial charge in [-0.3, -0.25) is 4.79 Å². The number of amides is 1. The van der Waals surface area contributed by atoms with E-state index in [0.717, 1.165) is 0 Å². The molecule has 2 N–H and O–H groups in total. The molecule has 16 heavy (non-hydrogen) atoms. The number of carbonyl (C=O) groups is 1. The van der Waals surface area contributed by atoms with Gasteiger partial charge in [-0.25, -0.2) is 8.42 Å². The average molecular weight is 248 g/mol. The minimum atomic E-state index is -2.96. The van der Waals surface area contributed by atoms with Crippen molar-refractivity contribution in [3.63, 3.8) is 0 Å². The topological polar surface area (TPSA) is 75.3 Å². The summed E-state index contributed by atoms with van der Waals surface area (Å²) in [5.41, 5.74) is 0. The minimum Gasteiger partial charge on any atom is -0.356 e. The van der Waals surface area contributed by atoms with Crippen LogP contribution in [-0.2, 0) is 14.6 Å². The summed E-state index contributed by atoms with van der Waals surface area (Å²) in [6.07, 6.45) is 0.494. The molecule has 1 aliphatic heterocycles. The molecule has 1 rings (SSSR count). The van der Waals surface area contributed by atoms with Gasteiger partial charge in [-0.05, 0) is 6.42 Å². The molecule has 5 nitrogen and oxygen atoms in total. The predicted molar refractivity (Wildman–Crippen MR) is 62.9 cm³/mol. The van der Waals surface area contributed by atoms with E-state index in [1.165, 1.54) is 0 Å². The van der Waals surface area contributed by atoms with Gasteiger partial charge in [-0.15, -0.1) is 0 Å². The molecule has 0 aromatic rings. The summed E-state index contributed by atoms with van der Waals surface area (Å²) in [6, 6.07) is 0. The highest BCUT2D eigenvalue weighted by molar-refractivity contribution is 7.92. The van der Waals surface area contributed by atoms with E-state index in [0.29, 0.717) is 26.1 Å². The molecule has 1 aliphatic rings. The number of rotatable bonds is 4. The normalized spacial score (nSPS) is 24.3. The van der Waals surface area contributed by atoms with Crippen LogP contribution in [0.4, 0.5) is 0 Å². The van der Waals surface area contributed by atoms with Crippen LogP contribution in [0.1, 0.15) is 20.3 Å². The molecule has 1 fully saturated rings. The number of hydrogen-bond donors (Lipinski definition) is 2. The quantitative estimate of drug-likeness (QED) is 0.705. The van der Waals surface area contributed by atoms with Crippen LogP contribution in [0.3, 0.4) is 0 Å². The zero-order chi connectivity index (χ0) is 12.2. The smallest absolute Gasteiger partial charge is 0.222 e. The van der Waals surface area contributed by atoms with Crippen LogP contribution in [0.5, 0.6) is 0 Å². The van der Waals surface area contributed by atoms with Gasteiger partial charge < -0.3 is 10.6 Å². The summed E-state index contributed by atoms with van der Waals surface area (Å²) < 4.78 is 23.3. The van der Waals surface area contributed by atoms with Crippen LogP contribution >= 0.6 is 0 Å². The van der Waals surface area contributed by atoms with Crippen molar-refractivity contribution in [1.29, 1.82) is 0 Å². The fourth-order valence-electron chi connectivity index (χ4n) is 1.61. The van der Waals surface area contributed by atoms with Crippen molar-refractivity contribution >= 4 is 15.7 Å². The second-order valence-electron chi connectivity index (χ2n) is 4.43. The third-order valence-electron chi connectivity index (χ3n) is 2.73. The van der Waals surface area contributed by atoms with Gasteiger partial charge in [0.15, 0.2) is 9.84 Å². The van der Waals surface area contributed by atoms with E-state index in [4.69, 9.17) is 0 Å². The predicted octanol–water partition coefficient (Wildman–Crippen LogP) is -0.465. The van der Waals surface area contributed by atoms with Gasteiger partial charge in [0.1, 0.15) is 0 Å². The first-order valence-corrected chi connectivity index (χ1v) is 7.35. The second kappa shape index (κ2) is 5.63. The van der Waals surface area contributed by atoms with Crippen molar-refractivity contribution in [3.8, 4) is 0 Å². The maximum Gasteiger partial charge on any atom is 0.222 e. The third-order valence-corrected chi connectivity index (χ3v) is 4.92. The van der Waals surface area contributed by atoms with Crippen LogP contribution < -0.4 is 10.6 Å². The van der Waals surface area contributed by atoms with E-state index >= 15 is 0 Å². The monoisotopic (exact) mass is 248 g/mol. The van der Waals surface area contributed by atoms with E-state index < -0.39 is 9.84 Å². The lowest BCUT2D eigenvalue weighted by Gasteiger charge is -2.23. The summed E-state index contributed by atoms with van der Waals surface area (Å²) in [5.74, 6) is 0.123. The summed E-state index contributed by atoms with van der Waals surface area (Å²) >= 11 is 0. The molecular weight excluding hydrogens is 228 g/mol. The molecule has 1 unspecified atom stereocenters. The Morgan fingerprint density at radius 3 is 2.75 bits per heavy atom. The highest BCUT2D eigenvalue weighted by Gasteiger charge is 2.28. The molecule has 1 amide bonds. The summed E-state index contributed by atoms with van der Waals surface area (Å²) in [6.45, 7) is 5.10. The minimum absolute atomic E-state index is 0.0267. The average Bonchev–Trinajstić information content (AvgIpc) is 2.19. The van der Waals surface area contributed by atoms with E-state index in [1.54, 1.807) is 0 Å². The number of hydrogen-bond acceptors (Lipinski definition) is 4. The van der Waals surface area contributed by atoms with Crippen LogP contribution in [0, 0.1) is 5.92 Å². The van der Waals surface area contributed by atoms with Gasteiger partial charge in [-0.2, -0.15) is 0 Å². The second-order valence-corrected chi connectivity index (χ2v) is 6.83. The van der Waals surface area contributed by atoms with Crippen LogP contribution in [0.15, 0.2) is 0 Å². The third kappa shape index (κ3) is 3.75. The molecule has 0 aliphatic carbocycles. The first kappa shape index (κ1) is 13.4. The Labute approximate surface area is 96.9 Å². The van der Waals surface area contributed by atoms with Gasteiger partial charge >= 0.3 is 0 Å². The Hall–Kier alpha value is -0.620. The fourth-order valence-corrected chi connectivity index (χ4v) is 3.22. The standard InChI is InChI=1S/C10H20N2O3S/c1-8(2)10(13)12-4-3-9-7-11-5-6-16(9,14)15/h8-9,11H,3-7H2,1-2H3,(H,12,13). The van der Waals surface area contributed by atoms with Crippen LogP contribution in [0.25, 0.3) is 0 Å². The summed E-state index contributed by atoms with van der Waals surface area (Å²) in [7, 11) is -2.96. The van der Waals surface area contributed by atoms with E-state index in [2.05, 4.69) is 10.6 Å². The van der Waals surface area contributed by atoms with E-state index in [-0.39, 0.29) is 22.8 Å². The fraction of sp³-hybridized carbons (Fsp3) is 0.900. The van der Waals surface area contributed by atoms with Crippen molar-refractivity contribution in [1.82, 2.24) is 10.6 Å². The molecule has 0 bridgehead atoms. The Balaban J connectivity index is 2.35. The van der Waals surface area contributed by atoms with Gasteiger partial charge in [0, 0.05) is 25.6 Å².